The largest absolute Gasteiger partial charge is 0.388 e. The van der Waals surface area contributed by atoms with Crippen LogP contribution in [0.5, 0.6) is 0 Å². The number of rotatable bonds is 5. The van der Waals surface area contributed by atoms with E-state index in [1.165, 1.54) is 11.1 Å². The van der Waals surface area contributed by atoms with Crippen LogP contribution in [-0.4, -0.2) is 11.7 Å². The topological polar surface area (TPSA) is 46.2 Å². The summed E-state index contributed by atoms with van der Waals surface area (Å²) in [5.74, 6) is -0.0664. The highest BCUT2D eigenvalue weighted by atomic mass is 16.3. The Kier molecular flexibility index (Phi) is 4.94. The highest BCUT2D eigenvalue weighted by molar-refractivity contribution is 5.34. The van der Waals surface area contributed by atoms with Gasteiger partial charge in [-0.25, -0.2) is 0 Å². The van der Waals surface area contributed by atoms with Crippen molar-refractivity contribution in [2.75, 3.05) is 6.54 Å². The van der Waals surface area contributed by atoms with E-state index in [0.29, 0.717) is 6.54 Å². The van der Waals surface area contributed by atoms with Crippen molar-refractivity contribution in [1.82, 2.24) is 0 Å². The molecule has 0 aliphatic heterocycles. The molecule has 2 aromatic rings. The monoisotopic (exact) mass is 269 g/mol. The van der Waals surface area contributed by atoms with Crippen molar-refractivity contribution in [1.29, 1.82) is 0 Å². The minimum atomic E-state index is -0.557. The molecule has 0 fully saturated rings. The highest BCUT2D eigenvalue weighted by Gasteiger charge is 2.22. The zero-order chi connectivity index (χ0) is 14.5. The van der Waals surface area contributed by atoms with Crippen molar-refractivity contribution in [3.8, 4) is 0 Å². The van der Waals surface area contributed by atoms with Gasteiger partial charge in [-0.15, -0.1) is 0 Å². The molecule has 2 nitrogen and oxygen atoms in total. The van der Waals surface area contributed by atoms with Gasteiger partial charge in [0.05, 0.1) is 6.10 Å². The van der Waals surface area contributed by atoms with Crippen LogP contribution < -0.4 is 5.73 Å². The fraction of sp³-hybridized carbons (Fsp3) is 0.333. The zero-order valence-electron chi connectivity index (χ0n) is 12.2. The predicted molar refractivity (Wildman–Crippen MR) is 83.8 cm³/mol. The first-order chi connectivity index (χ1) is 9.67. The quantitative estimate of drug-likeness (QED) is 0.874. The first-order valence-electron chi connectivity index (χ1n) is 7.19. The number of aliphatic hydroxyl groups is 1. The van der Waals surface area contributed by atoms with Crippen molar-refractivity contribution in [3.63, 3.8) is 0 Å². The summed E-state index contributed by atoms with van der Waals surface area (Å²) in [7, 11) is 0. The lowest BCUT2D eigenvalue weighted by atomic mass is 9.86. The first-order valence-corrected chi connectivity index (χ1v) is 7.19. The molecule has 0 spiro atoms. The SMILES string of the molecule is CCc1ccccc1C(O)C(CN)c1ccc(C)cc1. The van der Waals surface area contributed by atoms with Crippen LogP contribution in [0.15, 0.2) is 48.5 Å². The van der Waals surface area contributed by atoms with Gasteiger partial charge in [0, 0.05) is 12.5 Å². The summed E-state index contributed by atoms with van der Waals surface area (Å²) in [5, 5.41) is 10.7. The molecular weight excluding hydrogens is 246 g/mol. The summed E-state index contributed by atoms with van der Waals surface area (Å²) in [4.78, 5) is 0. The second-order valence-corrected chi connectivity index (χ2v) is 5.25. The van der Waals surface area contributed by atoms with Crippen LogP contribution in [0.25, 0.3) is 0 Å². The van der Waals surface area contributed by atoms with Crippen LogP contribution in [0.4, 0.5) is 0 Å². The molecule has 0 radical (unpaired) electrons. The maximum Gasteiger partial charge on any atom is 0.0873 e. The molecule has 2 aromatic carbocycles. The van der Waals surface area contributed by atoms with Gasteiger partial charge in [0.25, 0.3) is 0 Å². The second kappa shape index (κ2) is 6.69. The van der Waals surface area contributed by atoms with Crippen molar-refractivity contribution in [2.24, 2.45) is 5.73 Å². The maximum atomic E-state index is 10.7. The van der Waals surface area contributed by atoms with E-state index >= 15 is 0 Å². The van der Waals surface area contributed by atoms with E-state index in [2.05, 4.69) is 44.2 Å². The van der Waals surface area contributed by atoms with Crippen LogP contribution in [-0.2, 0) is 6.42 Å². The van der Waals surface area contributed by atoms with Crippen LogP contribution in [0.1, 0.15) is 41.2 Å². The molecule has 0 saturated heterocycles. The van der Waals surface area contributed by atoms with Gasteiger partial charge in [-0.3, -0.25) is 0 Å². The third-order valence-corrected chi connectivity index (χ3v) is 3.90. The summed E-state index contributed by atoms with van der Waals surface area (Å²) in [5.41, 5.74) is 10.4. The molecule has 20 heavy (non-hydrogen) atoms. The molecule has 2 atom stereocenters. The van der Waals surface area contributed by atoms with E-state index in [1.807, 2.05) is 18.2 Å². The normalized spacial score (nSPS) is 14.0. The molecule has 0 aliphatic rings. The second-order valence-electron chi connectivity index (χ2n) is 5.25. The third-order valence-electron chi connectivity index (χ3n) is 3.90. The Labute approximate surface area is 121 Å². The fourth-order valence-electron chi connectivity index (χ4n) is 2.62. The molecule has 2 heteroatoms. The average molecular weight is 269 g/mol. The average Bonchev–Trinajstić information content (AvgIpc) is 2.49. The van der Waals surface area contributed by atoms with Crippen molar-refractivity contribution in [2.45, 2.75) is 32.3 Å². The number of aryl methyl sites for hydroxylation is 2. The van der Waals surface area contributed by atoms with Crippen molar-refractivity contribution in [3.05, 3.63) is 70.8 Å². The molecule has 0 aromatic heterocycles. The van der Waals surface area contributed by atoms with E-state index < -0.39 is 6.10 Å². The molecule has 106 valence electrons. The summed E-state index contributed by atoms with van der Waals surface area (Å²) in [6.45, 7) is 4.60. The summed E-state index contributed by atoms with van der Waals surface area (Å²) in [6.07, 6.45) is 0.358. The van der Waals surface area contributed by atoms with E-state index in [-0.39, 0.29) is 5.92 Å². The van der Waals surface area contributed by atoms with E-state index in [9.17, 15) is 5.11 Å². The molecule has 0 heterocycles. The Morgan fingerprint density at radius 3 is 2.30 bits per heavy atom. The van der Waals surface area contributed by atoms with Gasteiger partial charge >= 0.3 is 0 Å². The molecule has 0 aliphatic carbocycles. The molecule has 2 unspecified atom stereocenters. The molecule has 0 saturated carbocycles. The summed E-state index contributed by atoms with van der Waals surface area (Å²) < 4.78 is 0. The molecule has 3 N–H and O–H groups in total. The van der Waals surface area contributed by atoms with Crippen LogP contribution in [0.2, 0.25) is 0 Å². The van der Waals surface area contributed by atoms with Gasteiger partial charge in [-0.2, -0.15) is 0 Å². The highest BCUT2D eigenvalue weighted by Crippen LogP contribution is 2.32. The molecule has 0 amide bonds. The molecule has 2 rings (SSSR count). The minimum absolute atomic E-state index is 0.0664. The lowest BCUT2D eigenvalue weighted by molar-refractivity contribution is 0.146. The molecule has 0 bridgehead atoms. The Bertz CT molecular complexity index is 548. The van der Waals surface area contributed by atoms with E-state index in [1.54, 1.807) is 0 Å². The van der Waals surface area contributed by atoms with Crippen LogP contribution in [0.3, 0.4) is 0 Å². The minimum Gasteiger partial charge on any atom is -0.388 e. The Morgan fingerprint density at radius 2 is 1.70 bits per heavy atom. The van der Waals surface area contributed by atoms with Crippen molar-refractivity contribution >= 4 is 0 Å². The van der Waals surface area contributed by atoms with Crippen LogP contribution >= 0.6 is 0 Å². The van der Waals surface area contributed by atoms with Gasteiger partial charge in [0.1, 0.15) is 0 Å². The third kappa shape index (κ3) is 3.09. The Morgan fingerprint density at radius 1 is 1.05 bits per heavy atom. The summed E-state index contributed by atoms with van der Waals surface area (Å²) in [6, 6.07) is 16.3. The van der Waals surface area contributed by atoms with Gasteiger partial charge in [-0.05, 0) is 30.0 Å². The first kappa shape index (κ1) is 14.8. The zero-order valence-corrected chi connectivity index (χ0v) is 12.2. The van der Waals surface area contributed by atoms with Gasteiger partial charge in [0.15, 0.2) is 0 Å². The Hall–Kier alpha value is -1.64. The smallest absolute Gasteiger partial charge is 0.0873 e. The van der Waals surface area contributed by atoms with E-state index in [0.717, 1.165) is 17.5 Å². The predicted octanol–water partition coefficient (Wildman–Crippen LogP) is 3.33. The van der Waals surface area contributed by atoms with Gasteiger partial charge in [0.2, 0.25) is 0 Å². The van der Waals surface area contributed by atoms with Gasteiger partial charge in [-0.1, -0.05) is 61.0 Å². The number of aliphatic hydroxyl groups excluding tert-OH is 1. The number of nitrogens with two attached hydrogens (primary N) is 1. The fourth-order valence-corrected chi connectivity index (χ4v) is 2.62. The number of benzene rings is 2. The maximum absolute atomic E-state index is 10.7. The lowest BCUT2D eigenvalue weighted by Crippen LogP contribution is -2.21. The lowest BCUT2D eigenvalue weighted by Gasteiger charge is -2.24. The standard InChI is InChI=1S/C18H23NO/c1-3-14-6-4-5-7-16(14)18(20)17(12-19)15-10-8-13(2)9-11-15/h4-11,17-18,20H,3,12,19H2,1-2H3. The van der Waals surface area contributed by atoms with E-state index in [4.69, 9.17) is 5.73 Å². The van der Waals surface area contributed by atoms with Crippen molar-refractivity contribution < 1.29 is 5.11 Å². The Balaban J connectivity index is 2.33. The number of hydrogen-bond acceptors (Lipinski definition) is 2. The summed E-state index contributed by atoms with van der Waals surface area (Å²) >= 11 is 0. The molecular formula is C18H23NO. The van der Waals surface area contributed by atoms with Crippen LogP contribution in [0, 0.1) is 6.92 Å². The number of hydrogen-bond donors (Lipinski definition) is 2. The van der Waals surface area contributed by atoms with Gasteiger partial charge < -0.3 is 10.8 Å².